The predicted molar refractivity (Wildman–Crippen MR) is 96.2 cm³/mol. The molecule has 0 bridgehead atoms. The molecule has 0 saturated carbocycles. The first-order chi connectivity index (χ1) is 12.2. The molecule has 1 aromatic heterocycles. The number of ether oxygens (including phenoxy) is 1. The predicted octanol–water partition coefficient (Wildman–Crippen LogP) is 1.44. The van der Waals surface area contributed by atoms with Crippen molar-refractivity contribution in [3.8, 4) is 0 Å². The molecule has 2 amide bonds. The monoisotopic (exact) mass is 360 g/mol. The van der Waals surface area contributed by atoms with Crippen LogP contribution >= 0.6 is 0 Å². The van der Waals surface area contributed by atoms with Crippen molar-refractivity contribution in [3.63, 3.8) is 0 Å². The van der Waals surface area contributed by atoms with Crippen LogP contribution in [0.5, 0.6) is 0 Å². The number of nitrogens with zero attached hydrogens (tertiary/aromatic N) is 4. The number of piperazine rings is 1. The highest BCUT2D eigenvalue weighted by molar-refractivity contribution is 6.14. The van der Waals surface area contributed by atoms with Gasteiger partial charge in [0.25, 0.3) is 0 Å². The van der Waals surface area contributed by atoms with E-state index in [9.17, 15) is 14.4 Å². The van der Waals surface area contributed by atoms with Gasteiger partial charge in [0.15, 0.2) is 5.78 Å². The van der Waals surface area contributed by atoms with Gasteiger partial charge in [-0.05, 0) is 32.9 Å². The molecule has 140 valence electrons. The van der Waals surface area contributed by atoms with Gasteiger partial charge in [0.1, 0.15) is 11.4 Å². The van der Waals surface area contributed by atoms with E-state index in [1.807, 2.05) is 26.8 Å². The van der Waals surface area contributed by atoms with Gasteiger partial charge in [-0.2, -0.15) is 0 Å². The Labute approximate surface area is 152 Å². The Morgan fingerprint density at radius 2 is 1.81 bits per heavy atom. The first-order valence-corrected chi connectivity index (χ1v) is 8.74. The van der Waals surface area contributed by atoms with Gasteiger partial charge in [0, 0.05) is 26.2 Å². The van der Waals surface area contributed by atoms with Gasteiger partial charge in [-0.15, -0.1) is 0 Å². The SMILES string of the molecule is CC(C)(C)OC(=O)N1CCN(c2ccc(N3CC(=O)CC3=O)nc2)CC1. The van der Waals surface area contributed by atoms with Crippen LogP contribution in [0.4, 0.5) is 16.3 Å². The van der Waals surface area contributed by atoms with Gasteiger partial charge in [-0.25, -0.2) is 9.78 Å². The summed E-state index contributed by atoms with van der Waals surface area (Å²) in [5.41, 5.74) is 0.429. The first kappa shape index (κ1) is 18.2. The molecule has 3 rings (SSSR count). The average molecular weight is 360 g/mol. The summed E-state index contributed by atoms with van der Waals surface area (Å²) in [5.74, 6) is 0.206. The Bertz CT molecular complexity index is 703. The molecule has 3 heterocycles. The van der Waals surface area contributed by atoms with Crippen LogP contribution < -0.4 is 9.80 Å². The molecule has 8 heteroatoms. The van der Waals surface area contributed by atoms with E-state index in [1.54, 1.807) is 17.2 Å². The zero-order valence-corrected chi connectivity index (χ0v) is 15.4. The Balaban J connectivity index is 1.57. The fraction of sp³-hybridized carbons (Fsp3) is 0.556. The largest absolute Gasteiger partial charge is 0.444 e. The molecular formula is C18H24N4O4. The zero-order valence-electron chi connectivity index (χ0n) is 15.4. The van der Waals surface area contributed by atoms with E-state index < -0.39 is 5.60 Å². The summed E-state index contributed by atoms with van der Waals surface area (Å²) in [6.45, 7) is 8.18. The van der Waals surface area contributed by atoms with Gasteiger partial charge < -0.3 is 14.5 Å². The maximum absolute atomic E-state index is 12.1. The quantitative estimate of drug-likeness (QED) is 0.742. The second-order valence-corrected chi connectivity index (χ2v) is 7.52. The summed E-state index contributed by atoms with van der Waals surface area (Å²) in [7, 11) is 0. The highest BCUT2D eigenvalue weighted by Crippen LogP contribution is 2.22. The van der Waals surface area contributed by atoms with Crippen LogP contribution in [-0.2, 0) is 14.3 Å². The van der Waals surface area contributed by atoms with Crippen molar-refractivity contribution >= 4 is 29.3 Å². The summed E-state index contributed by atoms with van der Waals surface area (Å²) >= 11 is 0. The summed E-state index contributed by atoms with van der Waals surface area (Å²) in [6.07, 6.45) is 1.37. The number of aromatic nitrogens is 1. The van der Waals surface area contributed by atoms with Crippen LogP contribution in [0.15, 0.2) is 18.3 Å². The lowest BCUT2D eigenvalue weighted by molar-refractivity contribution is -0.121. The highest BCUT2D eigenvalue weighted by atomic mass is 16.6. The van der Waals surface area contributed by atoms with Crippen LogP contribution in [0.3, 0.4) is 0 Å². The number of ketones is 1. The van der Waals surface area contributed by atoms with Crippen molar-refractivity contribution in [2.75, 3.05) is 42.5 Å². The minimum absolute atomic E-state index is 0.0456. The van der Waals surface area contributed by atoms with E-state index in [0.717, 1.165) is 5.69 Å². The lowest BCUT2D eigenvalue weighted by atomic mass is 10.2. The number of hydrogen-bond acceptors (Lipinski definition) is 6. The van der Waals surface area contributed by atoms with Crippen LogP contribution in [0.1, 0.15) is 27.2 Å². The highest BCUT2D eigenvalue weighted by Gasteiger charge is 2.30. The second-order valence-electron chi connectivity index (χ2n) is 7.52. The van der Waals surface area contributed by atoms with Crippen LogP contribution in [0, 0.1) is 0 Å². The number of amides is 2. The molecule has 26 heavy (non-hydrogen) atoms. The second kappa shape index (κ2) is 6.93. The van der Waals surface area contributed by atoms with Crippen molar-refractivity contribution in [1.29, 1.82) is 0 Å². The number of anilines is 2. The summed E-state index contributed by atoms with van der Waals surface area (Å²) < 4.78 is 5.40. The fourth-order valence-electron chi connectivity index (χ4n) is 2.99. The molecule has 0 atom stereocenters. The normalized spacial score (nSPS) is 18.5. The van der Waals surface area contributed by atoms with Crippen molar-refractivity contribution in [2.45, 2.75) is 32.8 Å². The Morgan fingerprint density at radius 3 is 2.31 bits per heavy atom. The minimum atomic E-state index is -0.498. The van der Waals surface area contributed by atoms with Crippen molar-refractivity contribution in [3.05, 3.63) is 18.3 Å². The fourth-order valence-corrected chi connectivity index (χ4v) is 2.99. The van der Waals surface area contributed by atoms with Crippen molar-refractivity contribution in [2.24, 2.45) is 0 Å². The minimum Gasteiger partial charge on any atom is -0.444 e. The van der Waals surface area contributed by atoms with E-state index in [4.69, 9.17) is 4.74 Å². The standard InChI is InChI=1S/C18H24N4O4/c1-18(2,3)26-17(25)21-8-6-20(7-9-21)13-4-5-15(19-11-13)22-12-14(23)10-16(22)24/h4-5,11H,6-10,12H2,1-3H3. The maximum atomic E-state index is 12.1. The van der Waals surface area contributed by atoms with E-state index in [1.165, 1.54) is 4.90 Å². The Morgan fingerprint density at radius 1 is 1.12 bits per heavy atom. The molecule has 0 spiro atoms. The number of rotatable bonds is 2. The lowest BCUT2D eigenvalue weighted by Gasteiger charge is -2.36. The van der Waals surface area contributed by atoms with Crippen molar-refractivity contribution in [1.82, 2.24) is 9.88 Å². The summed E-state index contributed by atoms with van der Waals surface area (Å²) in [5, 5.41) is 0. The molecule has 2 aliphatic rings. The van der Waals surface area contributed by atoms with Crippen LogP contribution in [0.25, 0.3) is 0 Å². The Hall–Kier alpha value is -2.64. The molecule has 2 aliphatic heterocycles. The number of Topliss-reactive ketones (excluding diaryl/α,β-unsaturated/α-hetero) is 1. The van der Waals surface area contributed by atoms with Crippen LogP contribution in [0.2, 0.25) is 0 Å². The zero-order chi connectivity index (χ0) is 18.9. The third kappa shape index (κ3) is 4.12. The smallest absolute Gasteiger partial charge is 0.410 e. The Kier molecular flexibility index (Phi) is 4.84. The summed E-state index contributed by atoms with van der Waals surface area (Å²) in [6, 6.07) is 3.65. The topological polar surface area (TPSA) is 83.0 Å². The summed E-state index contributed by atoms with van der Waals surface area (Å²) in [4.78, 5) is 44.9. The molecule has 0 unspecified atom stereocenters. The van der Waals surface area contributed by atoms with E-state index >= 15 is 0 Å². The third-order valence-electron chi connectivity index (χ3n) is 4.29. The number of hydrogen-bond donors (Lipinski definition) is 0. The molecule has 0 N–H and O–H groups in total. The lowest BCUT2D eigenvalue weighted by Crippen LogP contribution is -2.50. The van der Waals surface area contributed by atoms with Gasteiger partial charge in [-0.1, -0.05) is 0 Å². The van der Waals surface area contributed by atoms with E-state index in [0.29, 0.717) is 32.0 Å². The van der Waals surface area contributed by atoms with Crippen LogP contribution in [-0.4, -0.2) is 66.0 Å². The van der Waals surface area contributed by atoms with E-state index in [-0.39, 0.29) is 30.7 Å². The number of carbonyl (C=O) groups is 3. The number of carbonyl (C=O) groups excluding carboxylic acids is 3. The molecule has 0 radical (unpaired) electrons. The van der Waals surface area contributed by atoms with Crippen molar-refractivity contribution < 1.29 is 19.1 Å². The maximum Gasteiger partial charge on any atom is 0.410 e. The van der Waals surface area contributed by atoms with Gasteiger partial charge in [-0.3, -0.25) is 14.5 Å². The molecular weight excluding hydrogens is 336 g/mol. The van der Waals surface area contributed by atoms with Gasteiger partial charge >= 0.3 is 6.09 Å². The van der Waals surface area contributed by atoms with Gasteiger partial charge in [0.2, 0.25) is 5.91 Å². The molecule has 1 aromatic rings. The number of pyridine rings is 1. The van der Waals surface area contributed by atoms with E-state index in [2.05, 4.69) is 9.88 Å². The third-order valence-corrected chi connectivity index (χ3v) is 4.29. The van der Waals surface area contributed by atoms with Gasteiger partial charge in [0.05, 0.1) is 24.8 Å². The molecule has 2 saturated heterocycles. The molecule has 0 aromatic carbocycles. The molecule has 8 nitrogen and oxygen atoms in total. The molecule has 2 fully saturated rings. The molecule has 0 aliphatic carbocycles. The first-order valence-electron chi connectivity index (χ1n) is 8.74. The average Bonchev–Trinajstić information content (AvgIpc) is 2.92.